The fourth-order valence-corrected chi connectivity index (χ4v) is 7.18. The number of hydrogen-bond acceptors (Lipinski definition) is 7. The molecular weight excluding hydrogens is 604 g/mol. The van der Waals surface area contributed by atoms with E-state index in [-0.39, 0.29) is 42.1 Å². The second-order valence-corrected chi connectivity index (χ2v) is 14.8. The van der Waals surface area contributed by atoms with Gasteiger partial charge in [-0.15, -0.1) is 0 Å². The number of ether oxygens (including phenoxy) is 1. The summed E-state index contributed by atoms with van der Waals surface area (Å²) in [7, 11) is -4.09. The van der Waals surface area contributed by atoms with Crippen LogP contribution in [0.25, 0.3) is 10.9 Å². The van der Waals surface area contributed by atoms with Crippen LogP contribution in [0.3, 0.4) is 0 Å². The van der Waals surface area contributed by atoms with Crippen LogP contribution in [0.4, 0.5) is 0 Å². The molecule has 10 nitrogen and oxygen atoms in total. The Morgan fingerprint density at radius 1 is 0.978 bits per heavy atom. The third kappa shape index (κ3) is 9.49. The van der Waals surface area contributed by atoms with Crippen molar-refractivity contribution in [2.45, 2.75) is 89.3 Å². The van der Waals surface area contributed by atoms with Crippen LogP contribution in [-0.2, 0) is 26.0 Å². The highest BCUT2D eigenvalue weighted by atomic mass is 32.2. The number of nitrogens with one attached hydrogen (secondary N) is 2. The molecule has 0 fully saturated rings. The zero-order valence-corrected chi connectivity index (χ0v) is 28.1. The number of carbonyl (C=O) groups is 2. The van der Waals surface area contributed by atoms with Crippen molar-refractivity contribution in [1.29, 1.82) is 0 Å². The van der Waals surface area contributed by atoms with Gasteiger partial charge in [0.2, 0.25) is 21.8 Å². The fourth-order valence-electron chi connectivity index (χ4n) is 5.54. The van der Waals surface area contributed by atoms with E-state index in [1.165, 1.54) is 10.4 Å². The van der Waals surface area contributed by atoms with Crippen molar-refractivity contribution >= 4 is 32.7 Å². The number of benzene rings is 2. The van der Waals surface area contributed by atoms with E-state index in [9.17, 15) is 23.1 Å². The van der Waals surface area contributed by atoms with Gasteiger partial charge in [0.1, 0.15) is 16.7 Å². The SMILES string of the molecule is CC(C)CCN(C[C@@H](O)[C@@H]1Cc2ccc(cc2)OCCCCCC(=O)N[C@@H](C(C)C)C(=O)N1)S(=O)(=O)c1cccc2cccnc12. The van der Waals surface area contributed by atoms with Crippen LogP contribution in [0, 0.1) is 11.8 Å². The van der Waals surface area contributed by atoms with Crippen LogP contribution in [0.15, 0.2) is 65.7 Å². The number of amides is 2. The van der Waals surface area contributed by atoms with Gasteiger partial charge in [0, 0.05) is 31.1 Å². The molecule has 2 aliphatic heterocycles. The molecule has 2 bridgehead atoms. The van der Waals surface area contributed by atoms with Crippen LogP contribution in [0.1, 0.15) is 65.4 Å². The second kappa shape index (κ2) is 16.3. The molecule has 0 saturated carbocycles. The Morgan fingerprint density at radius 3 is 2.43 bits per heavy atom. The molecule has 3 N–H and O–H groups in total. The molecule has 0 radical (unpaired) electrons. The van der Waals surface area contributed by atoms with Gasteiger partial charge in [-0.2, -0.15) is 4.31 Å². The Morgan fingerprint density at radius 2 is 1.72 bits per heavy atom. The first kappa shape index (κ1) is 35.3. The van der Waals surface area contributed by atoms with Crippen LogP contribution in [0.2, 0.25) is 0 Å². The molecule has 11 heteroatoms. The lowest BCUT2D eigenvalue weighted by Crippen LogP contribution is -2.56. The van der Waals surface area contributed by atoms with Gasteiger partial charge in [-0.3, -0.25) is 14.6 Å². The minimum Gasteiger partial charge on any atom is -0.494 e. The van der Waals surface area contributed by atoms with Crippen LogP contribution < -0.4 is 15.4 Å². The number of hydrogen-bond donors (Lipinski definition) is 3. The minimum atomic E-state index is -4.09. The van der Waals surface area contributed by atoms with Crippen molar-refractivity contribution in [3.05, 3.63) is 66.4 Å². The first-order chi connectivity index (χ1) is 22.0. The maximum Gasteiger partial charge on any atom is 0.245 e. The number of para-hydroxylation sites is 1. The summed E-state index contributed by atoms with van der Waals surface area (Å²) in [6.45, 7) is 8.20. The van der Waals surface area contributed by atoms with Gasteiger partial charge >= 0.3 is 0 Å². The zero-order valence-electron chi connectivity index (χ0n) is 27.3. The smallest absolute Gasteiger partial charge is 0.245 e. The molecular formula is C35H48N4O6S. The standard InChI is InChI=1S/C35H48N4O6S/c1-24(2)18-20-39(46(43,44)31-12-8-10-27-11-9-19-36-34(27)31)23-30(40)29-22-26-14-16-28(17-15-26)45-21-7-5-6-13-32(41)38-33(25(3)4)35(42)37-29/h8-12,14-17,19,24-25,29-30,33,40H,5-7,13,18,20-23H2,1-4H3,(H,37,42)(H,38,41)/t29-,30+,33-/m0/s1. The van der Waals surface area contributed by atoms with E-state index >= 15 is 0 Å². The summed E-state index contributed by atoms with van der Waals surface area (Å²) in [4.78, 5) is 30.9. The summed E-state index contributed by atoms with van der Waals surface area (Å²) in [5, 5.41) is 18.3. The summed E-state index contributed by atoms with van der Waals surface area (Å²) < 4.78 is 35.6. The number of fused-ring (bicyclic) bond motifs is 15. The van der Waals surface area contributed by atoms with Gasteiger partial charge in [-0.25, -0.2) is 8.42 Å². The van der Waals surface area contributed by atoms with Crippen LogP contribution >= 0.6 is 0 Å². The number of pyridine rings is 1. The summed E-state index contributed by atoms with van der Waals surface area (Å²) in [6, 6.07) is 14.4. The summed E-state index contributed by atoms with van der Waals surface area (Å²) >= 11 is 0. The van der Waals surface area contributed by atoms with Crippen molar-refractivity contribution in [3.8, 4) is 5.75 Å². The number of carbonyl (C=O) groups excluding carboxylic acids is 2. The van der Waals surface area contributed by atoms with Crippen molar-refractivity contribution in [2.24, 2.45) is 11.8 Å². The number of sulfonamides is 1. The molecule has 3 aromatic rings. The van der Waals surface area contributed by atoms with Gasteiger partial charge < -0.3 is 20.5 Å². The highest BCUT2D eigenvalue weighted by Crippen LogP contribution is 2.26. The Labute approximate surface area is 273 Å². The molecule has 0 saturated heterocycles. The number of aliphatic hydroxyl groups is 1. The predicted octanol–water partition coefficient (Wildman–Crippen LogP) is 4.45. The quantitative estimate of drug-likeness (QED) is 0.311. The topological polar surface area (TPSA) is 138 Å². The van der Waals surface area contributed by atoms with Crippen molar-refractivity contribution in [1.82, 2.24) is 19.9 Å². The normalized spacial score (nSPS) is 19.6. The van der Waals surface area contributed by atoms with E-state index in [1.54, 1.807) is 18.3 Å². The highest BCUT2D eigenvalue weighted by Gasteiger charge is 2.34. The van der Waals surface area contributed by atoms with Crippen LogP contribution in [-0.4, -0.2) is 72.5 Å². The van der Waals surface area contributed by atoms with Gasteiger partial charge in [-0.1, -0.05) is 58.0 Å². The molecule has 46 heavy (non-hydrogen) atoms. The lowest BCUT2D eigenvalue weighted by molar-refractivity contribution is -0.131. The van der Waals surface area contributed by atoms with E-state index < -0.39 is 34.1 Å². The fraction of sp³-hybridized carbons (Fsp3) is 0.514. The first-order valence-corrected chi connectivity index (χ1v) is 17.7. The van der Waals surface area contributed by atoms with Crippen molar-refractivity contribution in [2.75, 3.05) is 19.7 Å². The monoisotopic (exact) mass is 652 g/mol. The van der Waals surface area contributed by atoms with Crippen molar-refractivity contribution < 1.29 is 27.9 Å². The number of aromatic nitrogens is 1. The minimum absolute atomic E-state index is 0.0673. The van der Waals surface area contributed by atoms with E-state index in [4.69, 9.17) is 4.74 Å². The third-order valence-electron chi connectivity index (χ3n) is 8.31. The molecule has 0 aliphatic carbocycles. The Balaban J connectivity index is 1.67. The van der Waals surface area contributed by atoms with Crippen LogP contribution in [0.5, 0.6) is 5.75 Å². The van der Waals surface area contributed by atoms with E-state index in [1.807, 2.05) is 64.1 Å². The summed E-state index contributed by atoms with van der Waals surface area (Å²) in [5.41, 5.74) is 1.20. The Bertz CT molecular complexity index is 1560. The lowest BCUT2D eigenvalue weighted by atomic mass is 9.98. The Hall–Kier alpha value is -3.54. The molecule has 3 atom stereocenters. The van der Waals surface area contributed by atoms with E-state index in [0.29, 0.717) is 42.5 Å². The molecule has 5 rings (SSSR count). The largest absolute Gasteiger partial charge is 0.494 e. The van der Waals surface area contributed by atoms with E-state index in [0.717, 1.165) is 18.4 Å². The maximum absolute atomic E-state index is 14.2. The Kier molecular flexibility index (Phi) is 12.5. The van der Waals surface area contributed by atoms with Gasteiger partial charge in [0.15, 0.2) is 0 Å². The summed E-state index contributed by atoms with van der Waals surface area (Å²) in [5.74, 6) is 0.0763. The maximum atomic E-state index is 14.2. The number of nitrogens with zero attached hydrogens (tertiary/aromatic N) is 2. The predicted molar refractivity (Wildman–Crippen MR) is 179 cm³/mol. The molecule has 2 aliphatic rings. The molecule has 0 unspecified atom stereocenters. The average Bonchev–Trinajstić information content (AvgIpc) is 3.03. The van der Waals surface area contributed by atoms with Gasteiger partial charge in [-0.05, 0) is 73.8 Å². The van der Waals surface area contributed by atoms with Gasteiger partial charge in [0.05, 0.1) is 24.3 Å². The molecule has 2 aromatic carbocycles. The first-order valence-electron chi connectivity index (χ1n) is 16.3. The highest BCUT2D eigenvalue weighted by molar-refractivity contribution is 7.89. The molecule has 0 spiro atoms. The third-order valence-corrected chi connectivity index (χ3v) is 10.2. The second-order valence-electron chi connectivity index (χ2n) is 12.9. The summed E-state index contributed by atoms with van der Waals surface area (Å²) in [6.07, 6.45) is 3.70. The van der Waals surface area contributed by atoms with Crippen molar-refractivity contribution in [3.63, 3.8) is 0 Å². The van der Waals surface area contributed by atoms with E-state index in [2.05, 4.69) is 15.6 Å². The molecule has 2 amide bonds. The average molecular weight is 653 g/mol. The zero-order chi connectivity index (χ0) is 33.3. The molecule has 3 heterocycles. The molecule has 250 valence electrons. The van der Waals surface area contributed by atoms with Gasteiger partial charge in [0.25, 0.3) is 0 Å². The number of rotatable bonds is 9. The number of aliphatic hydroxyl groups excluding tert-OH is 1. The molecule has 1 aromatic heterocycles. The lowest BCUT2D eigenvalue weighted by Gasteiger charge is -2.32.